The zero-order valence-electron chi connectivity index (χ0n) is 13.8. The molecule has 0 spiro atoms. The standard InChI is InChI=1S/C14H27O6.CH4.CH3.W/c1-2-5-16-7-9-18-11-13-20-14-12-19-10-8-17-6-3-4-15;;;/h2-3,5-14H2,1H3;1H4;1H3;/q-1;;-1;+2. The fourth-order valence-electron chi connectivity index (χ4n) is 1.24. The zero-order valence-corrected chi connectivity index (χ0v) is 16.8. The third-order valence-electron chi connectivity index (χ3n) is 2.18. The average molecular weight is 506 g/mol. The Morgan fingerprint density at radius 2 is 0.957 bits per heavy atom. The van der Waals surface area contributed by atoms with Gasteiger partial charge in [-0.05, 0) is 6.42 Å². The quantitative estimate of drug-likeness (QED) is 0.223. The van der Waals surface area contributed by atoms with Crippen LogP contribution in [0.15, 0.2) is 0 Å². The van der Waals surface area contributed by atoms with Gasteiger partial charge in [-0.3, -0.25) is 6.29 Å². The van der Waals surface area contributed by atoms with Crippen molar-refractivity contribution in [3.05, 3.63) is 7.43 Å². The molecule has 0 aromatic heterocycles. The number of rotatable bonds is 17. The van der Waals surface area contributed by atoms with Crippen molar-refractivity contribution < 1.29 is 49.5 Å². The summed E-state index contributed by atoms with van der Waals surface area (Å²) < 4.78 is 26.3. The van der Waals surface area contributed by atoms with Gasteiger partial charge in [-0.2, -0.15) is 0 Å². The summed E-state index contributed by atoms with van der Waals surface area (Å²) in [6.45, 7) is 7.71. The van der Waals surface area contributed by atoms with E-state index in [-0.39, 0.29) is 35.9 Å². The van der Waals surface area contributed by atoms with Crippen LogP contribution < -0.4 is 0 Å². The minimum Gasteiger partial charge on any atom is -0.542 e. The van der Waals surface area contributed by atoms with E-state index >= 15 is 0 Å². The summed E-state index contributed by atoms with van der Waals surface area (Å²) in [4.78, 5) is 9.88. The van der Waals surface area contributed by atoms with E-state index in [9.17, 15) is 4.79 Å². The number of hydrogen-bond donors (Lipinski definition) is 0. The Kier molecular flexibility index (Phi) is 40.5. The third-order valence-corrected chi connectivity index (χ3v) is 2.18. The molecule has 0 heterocycles. The van der Waals surface area contributed by atoms with Crippen molar-refractivity contribution in [2.45, 2.75) is 27.2 Å². The molecule has 0 N–H and O–H groups in total. The molecule has 0 atom stereocenters. The molecule has 23 heavy (non-hydrogen) atoms. The van der Waals surface area contributed by atoms with Gasteiger partial charge in [0.25, 0.3) is 0 Å². The van der Waals surface area contributed by atoms with Crippen molar-refractivity contribution >= 4 is 6.29 Å². The summed E-state index contributed by atoms with van der Waals surface area (Å²) in [5.74, 6) is 0. The third kappa shape index (κ3) is 30.6. The van der Waals surface area contributed by atoms with Gasteiger partial charge >= 0.3 is 21.1 Å². The van der Waals surface area contributed by atoms with Crippen molar-refractivity contribution in [1.29, 1.82) is 0 Å². The smallest absolute Gasteiger partial charge is 0.542 e. The van der Waals surface area contributed by atoms with Gasteiger partial charge < -0.3 is 35.9 Å². The summed E-state index contributed by atoms with van der Waals surface area (Å²) in [6, 6.07) is 0. The summed E-state index contributed by atoms with van der Waals surface area (Å²) in [6.07, 6.45) is 3.11. The van der Waals surface area contributed by atoms with Crippen molar-refractivity contribution in [2.24, 2.45) is 0 Å². The fraction of sp³-hybridized carbons (Fsp3) is 0.875. The molecule has 0 amide bonds. The van der Waals surface area contributed by atoms with Crippen LogP contribution in [0, 0.1) is 7.43 Å². The van der Waals surface area contributed by atoms with Crippen LogP contribution in [0.4, 0.5) is 0 Å². The molecular weight excluding hydrogens is 472 g/mol. The van der Waals surface area contributed by atoms with E-state index in [1.54, 1.807) is 6.29 Å². The summed E-state index contributed by atoms with van der Waals surface area (Å²) in [7, 11) is 0. The average Bonchev–Trinajstić information content (AvgIpc) is 2.47. The second-order valence-electron chi connectivity index (χ2n) is 3.96. The van der Waals surface area contributed by atoms with Crippen molar-refractivity contribution in [2.75, 3.05) is 66.1 Å². The first-order valence-corrected chi connectivity index (χ1v) is 7.15. The van der Waals surface area contributed by atoms with Crippen LogP contribution in [-0.4, -0.2) is 72.4 Å². The zero-order chi connectivity index (χ0) is 14.7. The van der Waals surface area contributed by atoms with Gasteiger partial charge in [-0.15, -0.1) is 6.42 Å². The maximum Gasteiger partial charge on any atom is 2.00 e. The molecular formula is C16H34O6W. The van der Waals surface area contributed by atoms with Gasteiger partial charge in [-0.25, -0.2) is 0 Å². The minimum atomic E-state index is 0. The minimum absolute atomic E-state index is 0. The normalized spacial score (nSPS) is 9.43. The SMILES string of the molecule is C.CCCOCCOCCOCCOCCOCC[C-]=O.[CH3-].[W+2]. The Labute approximate surface area is 156 Å². The number of ether oxygens (including phenoxy) is 5. The number of carbonyl (C=O) groups excluding carboxylic acids is 1. The first kappa shape index (κ1) is 31.0. The monoisotopic (exact) mass is 506 g/mol. The Morgan fingerprint density at radius 1 is 0.652 bits per heavy atom. The van der Waals surface area contributed by atoms with Gasteiger partial charge in [0.2, 0.25) is 0 Å². The van der Waals surface area contributed by atoms with E-state index in [4.69, 9.17) is 23.7 Å². The van der Waals surface area contributed by atoms with E-state index in [0.717, 1.165) is 13.0 Å². The molecule has 0 radical (unpaired) electrons. The van der Waals surface area contributed by atoms with E-state index < -0.39 is 0 Å². The molecule has 0 fully saturated rings. The van der Waals surface area contributed by atoms with Gasteiger partial charge in [0.1, 0.15) is 0 Å². The van der Waals surface area contributed by atoms with E-state index in [1.807, 2.05) is 0 Å². The van der Waals surface area contributed by atoms with Crippen molar-refractivity contribution in [1.82, 2.24) is 0 Å². The molecule has 0 aliphatic heterocycles. The summed E-state index contributed by atoms with van der Waals surface area (Å²) in [5, 5.41) is 0. The Balaban J connectivity index is -0.000000602. The fourth-order valence-corrected chi connectivity index (χ4v) is 1.24. The molecule has 6 nitrogen and oxygen atoms in total. The van der Waals surface area contributed by atoms with Crippen LogP contribution in [-0.2, 0) is 49.5 Å². The molecule has 7 heteroatoms. The maximum atomic E-state index is 9.88. The number of hydrogen-bond acceptors (Lipinski definition) is 6. The molecule has 0 aliphatic rings. The molecule has 0 aliphatic carbocycles. The van der Waals surface area contributed by atoms with E-state index in [0.29, 0.717) is 65.9 Å². The second kappa shape index (κ2) is 30.1. The van der Waals surface area contributed by atoms with Crippen LogP contribution in [0.2, 0.25) is 0 Å². The summed E-state index contributed by atoms with van der Waals surface area (Å²) in [5.41, 5.74) is 0. The molecule has 140 valence electrons. The Hall–Kier alpha value is 0.158. The van der Waals surface area contributed by atoms with Crippen LogP contribution in [0.1, 0.15) is 27.2 Å². The molecule has 0 unspecified atom stereocenters. The Bertz CT molecular complexity index is 195. The first-order valence-electron chi connectivity index (χ1n) is 7.15. The molecule has 0 aromatic carbocycles. The van der Waals surface area contributed by atoms with Crippen molar-refractivity contribution in [3.63, 3.8) is 0 Å². The van der Waals surface area contributed by atoms with Gasteiger partial charge in [0.05, 0.1) is 52.9 Å². The Morgan fingerprint density at radius 3 is 1.26 bits per heavy atom. The van der Waals surface area contributed by atoms with Crippen LogP contribution in [0.3, 0.4) is 0 Å². The van der Waals surface area contributed by atoms with Gasteiger partial charge in [0.15, 0.2) is 0 Å². The maximum absolute atomic E-state index is 9.88. The molecule has 0 aromatic rings. The van der Waals surface area contributed by atoms with E-state index in [1.165, 1.54) is 0 Å². The topological polar surface area (TPSA) is 63.2 Å². The largest absolute Gasteiger partial charge is 2.00 e. The van der Waals surface area contributed by atoms with E-state index in [2.05, 4.69) is 6.92 Å². The molecule has 0 saturated heterocycles. The molecule has 0 rings (SSSR count). The van der Waals surface area contributed by atoms with Gasteiger partial charge in [-0.1, -0.05) is 14.4 Å². The van der Waals surface area contributed by atoms with Crippen LogP contribution in [0.5, 0.6) is 0 Å². The van der Waals surface area contributed by atoms with Crippen LogP contribution >= 0.6 is 0 Å². The van der Waals surface area contributed by atoms with Crippen molar-refractivity contribution in [3.8, 4) is 0 Å². The van der Waals surface area contributed by atoms with Crippen LogP contribution in [0.25, 0.3) is 0 Å². The molecule has 0 bridgehead atoms. The summed E-state index contributed by atoms with van der Waals surface area (Å²) >= 11 is 0. The molecule has 0 saturated carbocycles. The second-order valence-corrected chi connectivity index (χ2v) is 3.96. The predicted octanol–water partition coefficient (Wildman–Crippen LogP) is 2.06. The van der Waals surface area contributed by atoms with Gasteiger partial charge in [0, 0.05) is 13.2 Å². The first-order chi connectivity index (χ1) is 9.91. The predicted molar refractivity (Wildman–Crippen MR) is 87.8 cm³/mol.